The van der Waals surface area contributed by atoms with Crippen LogP contribution in [0.2, 0.25) is 0 Å². The molecule has 0 aliphatic carbocycles. The van der Waals surface area contributed by atoms with Gasteiger partial charge < -0.3 is 29.2 Å². The Bertz CT molecular complexity index is 1210. The third-order valence-corrected chi connectivity index (χ3v) is 8.08. The van der Waals surface area contributed by atoms with Crippen molar-refractivity contribution < 1.29 is 33.3 Å². The van der Waals surface area contributed by atoms with Crippen LogP contribution in [0.15, 0.2) is 42.5 Å². The molecule has 3 amide bonds. The maximum Gasteiger partial charge on any atom is 0.261 e. The predicted molar refractivity (Wildman–Crippen MR) is 146 cm³/mol. The van der Waals surface area contributed by atoms with Crippen LogP contribution in [0.1, 0.15) is 52.0 Å². The number of rotatable bonds is 7. The van der Waals surface area contributed by atoms with Crippen LogP contribution in [0, 0.1) is 6.92 Å². The van der Waals surface area contributed by atoms with E-state index in [4.69, 9.17) is 18.9 Å². The van der Waals surface area contributed by atoms with Crippen molar-refractivity contribution in [2.45, 2.75) is 50.5 Å². The van der Waals surface area contributed by atoms with Crippen molar-refractivity contribution >= 4 is 17.7 Å². The molecule has 40 heavy (non-hydrogen) atoms. The lowest BCUT2D eigenvalue weighted by atomic mass is 9.95. The molecule has 0 saturated carbocycles. The second-order valence-corrected chi connectivity index (χ2v) is 10.5. The Balaban J connectivity index is 1.37. The summed E-state index contributed by atoms with van der Waals surface area (Å²) in [6.45, 7) is 3.81. The summed E-state index contributed by atoms with van der Waals surface area (Å²) in [5, 5.41) is 2.98. The fourth-order valence-corrected chi connectivity index (χ4v) is 5.82. The maximum absolute atomic E-state index is 13.9. The minimum atomic E-state index is -1.00. The van der Waals surface area contributed by atoms with E-state index >= 15 is 0 Å². The van der Waals surface area contributed by atoms with Crippen LogP contribution in [0.3, 0.4) is 0 Å². The van der Waals surface area contributed by atoms with Crippen molar-refractivity contribution in [3.05, 3.63) is 59.2 Å². The van der Waals surface area contributed by atoms with Crippen LogP contribution in [0.4, 0.5) is 0 Å². The van der Waals surface area contributed by atoms with Crippen LogP contribution in [-0.4, -0.2) is 92.5 Å². The van der Waals surface area contributed by atoms with E-state index in [0.717, 1.165) is 18.4 Å². The number of carbonyl (C=O) groups excluding carboxylic acids is 3. The van der Waals surface area contributed by atoms with E-state index < -0.39 is 11.8 Å². The summed E-state index contributed by atoms with van der Waals surface area (Å²) in [6.07, 6.45) is 2.59. The van der Waals surface area contributed by atoms with Gasteiger partial charge in [-0.25, -0.2) is 0 Å². The second-order valence-electron chi connectivity index (χ2n) is 10.5. The van der Waals surface area contributed by atoms with Gasteiger partial charge in [-0.05, 0) is 44.0 Å². The Kier molecular flexibility index (Phi) is 8.27. The first-order chi connectivity index (χ1) is 19.4. The van der Waals surface area contributed by atoms with Gasteiger partial charge in [0.25, 0.3) is 11.8 Å². The van der Waals surface area contributed by atoms with Crippen molar-refractivity contribution in [2.75, 3.05) is 47.1 Å². The van der Waals surface area contributed by atoms with Gasteiger partial charge in [-0.15, -0.1) is 0 Å². The summed E-state index contributed by atoms with van der Waals surface area (Å²) in [7, 11) is 3.03. The summed E-state index contributed by atoms with van der Waals surface area (Å²) in [6, 6.07) is 11.7. The average Bonchev–Trinajstić information content (AvgIpc) is 3.64. The molecule has 0 radical (unpaired) electrons. The number of piperidine rings is 1. The number of nitrogens with one attached hydrogen (secondary N) is 1. The minimum absolute atomic E-state index is 0.0114. The lowest BCUT2D eigenvalue weighted by Gasteiger charge is -2.44. The predicted octanol–water partition coefficient (Wildman–Crippen LogP) is 2.78. The number of hydrogen-bond donors (Lipinski definition) is 1. The van der Waals surface area contributed by atoms with Crippen molar-refractivity contribution in [3.63, 3.8) is 0 Å². The number of carbonyl (C=O) groups is 3. The first-order valence-electron chi connectivity index (χ1n) is 13.8. The summed E-state index contributed by atoms with van der Waals surface area (Å²) < 4.78 is 22.8. The van der Waals surface area contributed by atoms with Crippen molar-refractivity contribution in [3.8, 4) is 11.5 Å². The summed E-state index contributed by atoms with van der Waals surface area (Å²) in [5.74, 6) is 0.122. The van der Waals surface area contributed by atoms with Gasteiger partial charge in [0.05, 0.1) is 26.9 Å². The monoisotopic (exact) mass is 551 g/mol. The third-order valence-electron chi connectivity index (χ3n) is 8.08. The zero-order valence-corrected chi connectivity index (χ0v) is 23.3. The number of benzene rings is 2. The molecule has 2 aromatic rings. The molecule has 10 heteroatoms. The fraction of sp³-hybridized carbons (Fsp3) is 0.500. The van der Waals surface area contributed by atoms with Gasteiger partial charge in [-0.2, -0.15) is 0 Å². The molecule has 10 nitrogen and oxygen atoms in total. The van der Waals surface area contributed by atoms with E-state index in [1.807, 2.05) is 19.1 Å². The molecule has 3 fully saturated rings. The van der Waals surface area contributed by atoms with E-state index in [1.54, 1.807) is 40.1 Å². The number of methoxy groups -OCH3 is 2. The molecule has 2 aromatic carbocycles. The van der Waals surface area contributed by atoms with Crippen molar-refractivity contribution in [2.24, 2.45) is 0 Å². The first kappa shape index (κ1) is 27.9. The molecule has 0 aromatic heterocycles. The van der Waals surface area contributed by atoms with Crippen LogP contribution < -0.4 is 14.8 Å². The fourth-order valence-electron chi connectivity index (χ4n) is 5.82. The largest absolute Gasteiger partial charge is 0.496 e. The Morgan fingerprint density at radius 2 is 1.68 bits per heavy atom. The third kappa shape index (κ3) is 5.38. The highest BCUT2D eigenvalue weighted by molar-refractivity contribution is 6.00. The number of hydrogen-bond acceptors (Lipinski definition) is 7. The number of nitrogens with zero attached hydrogens (tertiary/aromatic N) is 2. The molecule has 3 heterocycles. The van der Waals surface area contributed by atoms with E-state index in [9.17, 15) is 14.4 Å². The first-order valence-corrected chi connectivity index (χ1v) is 13.8. The highest BCUT2D eigenvalue weighted by Gasteiger charge is 2.54. The molecule has 2 unspecified atom stereocenters. The van der Waals surface area contributed by atoms with Gasteiger partial charge in [-0.3, -0.25) is 19.3 Å². The zero-order chi connectivity index (χ0) is 28.3. The second kappa shape index (κ2) is 11.9. The number of amides is 3. The lowest BCUT2D eigenvalue weighted by Crippen LogP contribution is -2.60. The number of aryl methyl sites for hydroxylation is 1. The minimum Gasteiger partial charge on any atom is -0.496 e. The normalized spacial score (nSPS) is 21.9. The molecule has 1 N–H and O–H groups in total. The van der Waals surface area contributed by atoms with Crippen molar-refractivity contribution in [1.29, 1.82) is 0 Å². The molecule has 0 bridgehead atoms. The lowest BCUT2D eigenvalue weighted by molar-refractivity contribution is -0.128. The molecule has 3 saturated heterocycles. The number of likely N-dealkylation sites (tertiary alicyclic amines) is 1. The molecule has 3 aliphatic heterocycles. The Morgan fingerprint density at radius 3 is 2.27 bits per heavy atom. The molecule has 214 valence electrons. The van der Waals surface area contributed by atoms with Gasteiger partial charge in [0.1, 0.15) is 28.8 Å². The molecule has 1 spiro atoms. The highest BCUT2D eigenvalue weighted by atomic mass is 16.5. The molecule has 2 atom stereocenters. The quantitative estimate of drug-likeness (QED) is 0.564. The van der Waals surface area contributed by atoms with Crippen LogP contribution in [-0.2, 0) is 14.3 Å². The Morgan fingerprint density at radius 1 is 1.00 bits per heavy atom. The molecule has 3 aliphatic rings. The Hall–Kier alpha value is -3.63. The van der Waals surface area contributed by atoms with Gasteiger partial charge in [0, 0.05) is 44.6 Å². The SMILES string of the molecule is COc1cccc(OC)c1C(=O)N1CCC2(CC1)OCC(C(=O)NCC1CCCO1)N2C(=O)c1ccc(C)cc1. The molecule has 5 rings (SSSR count). The summed E-state index contributed by atoms with van der Waals surface area (Å²) >= 11 is 0. The van der Waals surface area contributed by atoms with Gasteiger partial charge >= 0.3 is 0 Å². The average molecular weight is 552 g/mol. The van der Waals surface area contributed by atoms with Gasteiger partial charge in [0.2, 0.25) is 5.91 Å². The number of ether oxygens (including phenoxy) is 4. The standard InChI is InChI=1S/C30H37N3O7/c1-20-9-11-21(12-10-20)28(35)33-23(27(34)31-18-22-6-5-17-39-22)19-40-30(33)13-15-32(16-14-30)29(36)26-24(37-2)7-4-8-25(26)38-3/h4,7-12,22-23H,5-6,13-19H2,1-3H3,(H,31,34). The molecular weight excluding hydrogens is 514 g/mol. The van der Waals surface area contributed by atoms with E-state index in [-0.39, 0.29) is 30.4 Å². The van der Waals surface area contributed by atoms with Crippen LogP contribution in [0.25, 0.3) is 0 Å². The van der Waals surface area contributed by atoms with Gasteiger partial charge in [-0.1, -0.05) is 23.8 Å². The maximum atomic E-state index is 13.9. The summed E-state index contributed by atoms with van der Waals surface area (Å²) in [4.78, 5) is 44.2. The van der Waals surface area contributed by atoms with E-state index in [0.29, 0.717) is 61.7 Å². The Labute approximate surface area is 234 Å². The molecular formula is C30H37N3O7. The van der Waals surface area contributed by atoms with Crippen LogP contribution in [0.5, 0.6) is 11.5 Å². The van der Waals surface area contributed by atoms with E-state index in [1.165, 1.54) is 14.2 Å². The highest BCUT2D eigenvalue weighted by Crippen LogP contribution is 2.40. The van der Waals surface area contributed by atoms with Gasteiger partial charge in [0.15, 0.2) is 0 Å². The zero-order valence-electron chi connectivity index (χ0n) is 23.3. The summed E-state index contributed by atoms with van der Waals surface area (Å²) in [5.41, 5.74) is 0.878. The topological polar surface area (TPSA) is 107 Å². The van der Waals surface area contributed by atoms with Crippen molar-refractivity contribution in [1.82, 2.24) is 15.1 Å². The van der Waals surface area contributed by atoms with Crippen LogP contribution >= 0.6 is 0 Å². The van der Waals surface area contributed by atoms with E-state index in [2.05, 4.69) is 5.32 Å². The smallest absolute Gasteiger partial charge is 0.261 e.